The van der Waals surface area contributed by atoms with E-state index >= 15 is 0 Å². The Morgan fingerprint density at radius 2 is 1.86 bits per heavy atom. The van der Waals surface area contributed by atoms with Crippen molar-refractivity contribution in [1.82, 2.24) is 5.16 Å². The average molecular weight is 408 g/mol. The van der Waals surface area contributed by atoms with Crippen LogP contribution in [-0.4, -0.2) is 18.2 Å². The molecule has 4 rings (SSSR count). The fourth-order valence-electron chi connectivity index (χ4n) is 3.13. The number of halogens is 1. The summed E-state index contributed by atoms with van der Waals surface area (Å²) in [6.07, 6.45) is 0.734. The molecule has 0 bridgehead atoms. The van der Waals surface area contributed by atoms with Gasteiger partial charge in [-0.15, -0.1) is 0 Å². The normalized spacial score (nSPS) is 10.8. The molecule has 0 aliphatic rings. The van der Waals surface area contributed by atoms with Crippen molar-refractivity contribution in [2.45, 2.75) is 12.8 Å². The van der Waals surface area contributed by atoms with Crippen LogP contribution in [0.15, 0.2) is 71.3 Å². The molecule has 0 spiro atoms. The number of esters is 1. The van der Waals surface area contributed by atoms with E-state index < -0.39 is 0 Å². The number of nitrogens with zero attached hydrogens (tertiary/aromatic N) is 1. The molecule has 146 valence electrons. The molecule has 0 aliphatic carbocycles. The fraction of sp³-hybridized carbons (Fsp3) is 0.130. The molecule has 6 heteroatoms. The lowest BCUT2D eigenvalue weighted by Crippen LogP contribution is -2.11. The van der Waals surface area contributed by atoms with E-state index in [4.69, 9.17) is 25.6 Å². The van der Waals surface area contributed by atoms with Crippen LogP contribution < -0.4 is 9.47 Å². The largest absolute Gasteiger partial charge is 0.496 e. The second-order valence-corrected chi connectivity index (χ2v) is 6.99. The van der Waals surface area contributed by atoms with Crippen molar-refractivity contribution >= 4 is 28.5 Å². The van der Waals surface area contributed by atoms with Gasteiger partial charge in [0.1, 0.15) is 11.5 Å². The van der Waals surface area contributed by atoms with Gasteiger partial charge >= 0.3 is 5.97 Å². The number of aromatic nitrogens is 1. The molecule has 0 radical (unpaired) electrons. The molecule has 0 N–H and O–H groups in total. The Morgan fingerprint density at radius 3 is 2.66 bits per heavy atom. The molecule has 0 unspecified atom stereocenters. The first-order chi connectivity index (χ1) is 14.1. The molecule has 0 saturated heterocycles. The Hall–Kier alpha value is -3.31. The summed E-state index contributed by atoms with van der Waals surface area (Å²) < 4.78 is 16.3. The van der Waals surface area contributed by atoms with Crippen LogP contribution in [0.3, 0.4) is 0 Å². The topological polar surface area (TPSA) is 61.6 Å². The van der Waals surface area contributed by atoms with Crippen molar-refractivity contribution < 1.29 is 18.8 Å². The molecule has 5 nitrogen and oxygen atoms in total. The van der Waals surface area contributed by atoms with Crippen molar-refractivity contribution in [3.8, 4) is 11.5 Å². The van der Waals surface area contributed by atoms with Gasteiger partial charge in [-0.2, -0.15) is 0 Å². The van der Waals surface area contributed by atoms with Crippen LogP contribution in [0.4, 0.5) is 0 Å². The number of carbonyl (C=O) groups excluding carboxylic acids is 1. The summed E-state index contributed by atoms with van der Waals surface area (Å²) in [7, 11) is 1.64. The highest BCUT2D eigenvalue weighted by Crippen LogP contribution is 2.28. The lowest BCUT2D eigenvalue weighted by Gasteiger charge is -2.06. The number of hydrogen-bond acceptors (Lipinski definition) is 5. The van der Waals surface area contributed by atoms with Gasteiger partial charge in [-0.1, -0.05) is 47.1 Å². The Labute approximate surface area is 172 Å². The SMILES string of the molecule is COc1ccccc1Cc1noc2cc(OC(=O)Cc3ccc(Cl)cc3)ccc12. The number of fused-ring (bicyclic) bond motifs is 1. The van der Waals surface area contributed by atoms with E-state index in [-0.39, 0.29) is 12.4 Å². The number of rotatable bonds is 6. The minimum absolute atomic E-state index is 0.157. The van der Waals surface area contributed by atoms with Crippen LogP contribution in [0.25, 0.3) is 11.0 Å². The maximum absolute atomic E-state index is 12.2. The first-order valence-electron chi connectivity index (χ1n) is 9.07. The van der Waals surface area contributed by atoms with E-state index in [0.29, 0.717) is 22.8 Å². The first-order valence-corrected chi connectivity index (χ1v) is 9.45. The molecule has 29 heavy (non-hydrogen) atoms. The molecule has 3 aromatic carbocycles. The number of carbonyl (C=O) groups is 1. The summed E-state index contributed by atoms with van der Waals surface area (Å²) in [5.74, 6) is 0.855. The number of hydrogen-bond donors (Lipinski definition) is 0. The molecule has 1 heterocycles. The van der Waals surface area contributed by atoms with Gasteiger partial charge in [0.05, 0.1) is 19.2 Å². The zero-order chi connectivity index (χ0) is 20.2. The monoisotopic (exact) mass is 407 g/mol. The van der Waals surface area contributed by atoms with E-state index in [1.165, 1.54) is 0 Å². The summed E-state index contributed by atoms with van der Waals surface area (Å²) in [5.41, 5.74) is 3.21. The second kappa shape index (κ2) is 8.37. The Kier molecular flexibility index (Phi) is 5.49. The number of para-hydroxylation sites is 1. The standard InChI is InChI=1S/C23H18ClNO4/c1-27-21-5-3-2-4-16(21)13-20-19-11-10-18(14-22(19)29-25-20)28-23(26)12-15-6-8-17(24)9-7-15/h2-11,14H,12-13H2,1H3. The van der Waals surface area contributed by atoms with Crippen molar-refractivity contribution in [3.05, 3.63) is 88.6 Å². The van der Waals surface area contributed by atoms with Gasteiger partial charge in [0.15, 0.2) is 5.58 Å². The number of ether oxygens (including phenoxy) is 2. The zero-order valence-corrected chi connectivity index (χ0v) is 16.5. The minimum Gasteiger partial charge on any atom is -0.496 e. The number of benzene rings is 3. The van der Waals surface area contributed by atoms with E-state index in [9.17, 15) is 4.79 Å². The third-order valence-corrected chi connectivity index (χ3v) is 4.81. The zero-order valence-electron chi connectivity index (χ0n) is 15.7. The second-order valence-electron chi connectivity index (χ2n) is 6.55. The molecule has 4 aromatic rings. The van der Waals surface area contributed by atoms with Gasteiger partial charge in [0.25, 0.3) is 0 Å². The van der Waals surface area contributed by atoms with Crippen molar-refractivity contribution in [2.24, 2.45) is 0 Å². The van der Waals surface area contributed by atoms with E-state index in [0.717, 1.165) is 28.0 Å². The Bertz CT molecular complexity index is 1150. The van der Waals surface area contributed by atoms with Crippen LogP contribution in [-0.2, 0) is 17.6 Å². The summed E-state index contributed by atoms with van der Waals surface area (Å²) in [4.78, 5) is 12.2. The van der Waals surface area contributed by atoms with Crippen LogP contribution >= 0.6 is 11.6 Å². The number of methoxy groups -OCH3 is 1. The molecule has 1 aromatic heterocycles. The summed E-state index contributed by atoms with van der Waals surface area (Å²) in [6, 6.07) is 20.1. The van der Waals surface area contributed by atoms with Crippen LogP contribution in [0, 0.1) is 0 Å². The van der Waals surface area contributed by atoms with E-state index in [2.05, 4.69) is 5.16 Å². The van der Waals surface area contributed by atoms with Crippen LogP contribution in [0.1, 0.15) is 16.8 Å². The summed E-state index contributed by atoms with van der Waals surface area (Å²) in [5, 5.41) is 5.67. The molecular formula is C23H18ClNO4. The summed E-state index contributed by atoms with van der Waals surface area (Å²) in [6.45, 7) is 0. The Morgan fingerprint density at radius 1 is 1.07 bits per heavy atom. The van der Waals surface area contributed by atoms with Crippen molar-refractivity contribution in [1.29, 1.82) is 0 Å². The van der Waals surface area contributed by atoms with Crippen LogP contribution in [0.5, 0.6) is 11.5 Å². The molecule has 0 aliphatic heterocycles. The smallest absolute Gasteiger partial charge is 0.315 e. The predicted octanol–water partition coefficient (Wildman–Crippen LogP) is 5.23. The van der Waals surface area contributed by atoms with Gasteiger partial charge < -0.3 is 14.0 Å². The third kappa shape index (κ3) is 4.41. The average Bonchev–Trinajstić information content (AvgIpc) is 3.12. The first kappa shape index (κ1) is 19.0. The Balaban J connectivity index is 1.49. The lowest BCUT2D eigenvalue weighted by molar-refractivity contribution is -0.133. The lowest BCUT2D eigenvalue weighted by atomic mass is 10.1. The van der Waals surface area contributed by atoms with Gasteiger partial charge in [0.2, 0.25) is 0 Å². The van der Waals surface area contributed by atoms with Crippen LogP contribution in [0.2, 0.25) is 5.02 Å². The predicted molar refractivity (Wildman–Crippen MR) is 111 cm³/mol. The maximum Gasteiger partial charge on any atom is 0.315 e. The molecular weight excluding hydrogens is 390 g/mol. The van der Waals surface area contributed by atoms with E-state index in [1.54, 1.807) is 43.5 Å². The third-order valence-electron chi connectivity index (χ3n) is 4.56. The molecule has 0 saturated carbocycles. The van der Waals surface area contributed by atoms with Crippen molar-refractivity contribution in [3.63, 3.8) is 0 Å². The maximum atomic E-state index is 12.2. The molecule has 0 atom stereocenters. The highest BCUT2D eigenvalue weighted by atomic mass is 35.5. The van der Waals surface area contributed by atoms with Gasteiger partial charge in [-0.05, 0) is 35.9 Å². The minimum atomic E-state index is -0.361. The highest BCUT2D eigenvalue weighted by molar-refractivity contribution is 6.30. The quantitative estimate of drug-likeness (QED) is 0.323. The van der Waals surface area contributed by atoms with Crippen molar-refractivity contribution in [2.75, 3.05) is 7.11 Å². The van der Waals surface area contributed by atoms with Gasteiger partial charge in [0, 0.05) is 28.5 Å². The van der Waals surface area contributed by atoms with Gasteiger partial charge in [-0.3, -0.25) is 4.79 Å². The highest BCUT2D eigenvalue weighted by Gasteiger charge is 2.14. The molecule has 0 amide bonds. The summed E-state index contributed by atoms with van der Waals surface area (Å²) >= 11 is 5.86. The van der Waals surface area contributed by atoms with E-state index in [1.807, 2.05) is 30.3 Å². The molecule has 0 fully saturated rings. The fourth-order valence-corrected chi connectivity index (χ4v) is 3.25. The van der Waals surface area contributed by atoms with Gasteiger partial charge in [-0.25, -0.2) is 0 Å².